The van der Waals surface area contributed by atoms with Crippen molar-refractivity contribution in [3.63, 3.8) is 0 Å². The molecule has 5 unspecified atom stereocenters. The molecule has 0 saturated heterocycles. The lowest BCUT2D eigenvalue weighted by atomic mass is 10.0. The molecule has 0 aromatic carbocycles. The molecule has 0 aromatic heterocycles. The van der Waals surface area contributed by atoms with Crippen molar-refractivity contribution in [2.75, 3.05) is 39.6 Å². The van der Waals surface area contributed by atoms with Gasteiger partial charge in [-0.2, -0.15) is 0 Å². The van der Waals surface area contributed by atoms with Crippen LogP contribution in [0.5, 0.6) is 0 Å². The molecule has 16 nitrogen and oxygen atoms in total. The SMILES string of the molecule is CC/C=C\C/C=C\C/C=C\C/C=C\C/C=C\CCCCCCCCCCCCCCCC(=O)OCC(O)COP(=O)(O)OCC(O)COP(=O)(O)OCC(COC(=O)CCCCCCC/C=C\C/C=C\C/C=C\C/C=C\C/C=C\CC)OC(=O)CCCCCCCCC/C=C\C/C=C\C/C=C\CC. The van der Waals surface area contributed by atoms with Crippen LogP contribution in [0, 0.1) is 0 Å². The van der Waals surface area contributed by atoms with Gasteiger partial charge < -0.3 is 34.2 Å². The van der Waals surface area contributed by atoms with Gasteiger partial charge in [0.25, 0.3) is 0 Å². The average Bonchev–Trinajstić information content (AvgIpc) is 0.914. The molecule has 103 heavy (non-hydrogen) atoms. The highest BCUT2D eigenvalue weighted by Crippen LogP contribution is 2.45. The Kier molecular flexibility index (Phi) is 73.2. The summed E-state index contributed by atoms with van der Waals surface area (Å²) in [6.07, 6.45) is 95.7. The molecule has 0 rings (SSSR count). The number of aliphatic hydroxyl groups is 2. The van der Waals surface area contributed by atoms with E-state index in [0.717, 1.165) is 186 Å². The first kappa shape index (κ1) is 98.2. The van der Waals surface area contributed by atoms with Crippen LogP contribution in [-0.2, 0) is 55.8 Å². The summed E-state index contributed by atoms with van der Waals surface area (Å²) in [5.41, 5.74) is 0. The predicted octanol–water partition coefficient (Wildman–Crippen LogP) is 23.4. The second kappa shape index (κ2) is 76.8. The molecule has 0 fully saturated rings. The molecule has 0 spiro atoms. The maximum absolute atomic E-state index is 13.0. The highest BCUT2D eigenvalue weighted by Gasteiger charge is 2.29. The van der Waals surface area contributed by atoms with Crippen molar-refractivity contribution in [3.05, 3.63) is 158 Å². The summed E-state index contributed by atoms with van der Waals surface area (Å²) in [7, 11) is -9.81. The molecule has 0 aliphatic heterocycles. The number of carbonyl (C=O) groups excluding carboxylic acids is 3. The van der Waals surface area contributed by atoms with E-state index in [0.29, 0.717) is 19.3 Å². The molecule has 5 atom stereocenters. The van der Waals surface area contributed by atoms with E-state index in [4.69, 9.17) is 32.3 Å². The van der Waals surface area contributed by atoms with E-state index in [1.165, 1.54) is 57.8 Å². The van der Waals surface area contributed by atoms with Crippen LogP contribution in [0.2, 0.25) is 0 Å². The number of hydrogen-bond donors (Lipinski definition) is 4. The fraction of sp³-hybridized carbons (Fsp3) is 0.659. The van der Waals surface area contributed by atoms with Gasteiger partial charge in [0.2, 0.25) is 0 Å². The Bertz CT molecular complexity index is 2500. The van der Waals surface area contributed by atoms with Gasteiger partial charge in [0.15, 0.2) is 6.10 Å². The van der Waals surface area contributed by atoms with Crippen molar-refractivity contribution < 1.29 is 75.8 Å². The molecule has 0 aliphatic carbocycles. The normalized spacial score (nSPS) is 14.8. The van der Waals surface area contributed by atoms with E-state index in [2.05, 4.69) is 179 Å². The van der Waals surface area contributed by atoms with Gasteiger partial charge in [0, 0.05) is 19.3 Å². The zero-order valence-corrected chi connectivity index (χ0v) is 66.0. The monoisotopic (exact) mass is 1480 g/mol. The Balaban J connectivity index is 4.58. The van der Waals surface area contributed by atoms with Crippen LogP contribution in [0.25, 0.3) is 0 Å². The van der Waals surface area contributed by atoms with Crippen LogP contribution in [-0.4, -0.2) is 95.9 Å². The van der Waals surface area contributed by atoms with Crippen molar-refractivity contribution in [2.45, 2.75) is 322 Å². The average molecular weight is 1480 g/mol. The van der Waals surface area contributed by atoms with Gasteiger partial charge in [-0.05, 0) is 141 Å². The zero-order chi connectivity index (χ0) is 75.2. The number of phosphoric ester groups is 2. The minimum atomic E-state index is -4.94. The van der Waals surface area contributed by atoms with Crippen molar-refractivity contribution in [1.82, 2.24) is 0 Å². The fourth-order valence-corrected chi connectivity index (χ4v) is 11.9. The largest absolute Gasteiger partial charge is 0.472 e. The molecule has 0 amide bonds. The van der Waals surface area contributed by atoms with E-state index in [-0.39, 0.29) is 19.3 Å². The third-order valence-electron chi connectivity index (χ3n) is 16.2. The van der Waals surface area contributed by atoms with Crippen molar-refractivity contribution in [2.24, 2.45) is 0 Å². The van der Waals surface area contributed by atoms with E-state index < -0.39 is 91.5 Å². The van der Waals surface area contributed by atoms with Crippen molar-refractivity contribution in [1.29, 1.82) is 0 Å². The molecule has 0 saturated carbocycles. The standard InChI is InChI=1S/C85H142O16P2/c1-4-7-10-13-16-19-22-25-28-31-33-35-36-37-38-39-40-41-42-44-46-48-50-53-56-59-62-65-68-71-83(88)95-74-80(86)75-97-102(91,92)98-76-81(87)77-99-103(93,94)100-79-82(101-85(90)73-70-67-64-61-58-55-52-47-30-27-24-21-18-15-12-9-6-3)78-96-84(89)72-69-66-63-60-57-54-51-49-45-43-34-32-29-26-23-20-17-14-11-8-5-2/h7-12,16-21,25-30,33-35,37-38,43,49,51,80-82,86-87H,4-6,13-15,22-24,31-32,36,39-42,44-48,50,52-79H2,1-3H3,(H,91,92)(H,93,94)/b10-7-,11-8-,12-9-,19-16-,20-17-,21-18-,28-25-,29-26-,30-27-,35-33-,38-37-,43-34-,51-49-. The minimum absolute atomic E-state index is 0.0841. The third-order valence-corrected chi connectivity index (χ3v) is 18.1. The maximum atomic E-state index is 13.0. The summed E-state index contributed by atoms with van der Waals surface area (Å²) >= 11 is 0. The smallest absolute Gasteiger partial charge is 0.463 e. The van der Waals surface area contributed by atoms with Gasteiger partial charge in [0.1, 0.15) is 25.4 Å². The summed E-state index contributed by atoms with van der Waals surface area (Å²) in [6.45, 7) is 2.31. The zero-order valence-electron chi connectivity index (χ0n) is 64.2. The molecule has 0 aromatic rings. The first-order chi connectivity index (χ1) is 50.2. The lowest BCUT2D eigenvalue weighted by Gasteiger charge is -2.21. The molecule has 0 radical (unpaired) electrons. The van der Waals surface area contributed by atoms with E-state index >= 15 is 0 Å². The van der Waals surface area contributed by atoms with Crippen LogP contribution in [0.15, 0.2) is 158 Å². The Morgan fingerprint density at radius 1 is 0.272 bits per heavy atom. The summed E-state index contributed by atoms with van der Waals surface area (Å²) in [5, 5.41) is 20.7. The Morgan fingerprint density at radius 3 is 0.767 bits per heavy atom. The van der Waals surface area contributed by atoms with E-state index in [1.54, 1.807) is 0 Å². The van der Waals surface area contributed by atoms with Gasteiger partial charge >= 0.3 is 33.6 Å². The van der Waals surface area contributed by atoms with Crippen LogP contribution >= 0.6 is 15.6 Å². The molecule has 18 heteroatoms. The summed E-state index contributed by atoms with van der Waals surface area (Å²) in [6, 6.07) is 0. The van der Waals surface area contributed by atoms with Gasteiger partial charge in [-0.1, -0.05) is 301 Å². The molecule has 0 heterocycles. The number of hydrogen-bond acceptors (Lipinski definition) is 14. The van der Waals surface area contributed by atoms with Crippen molar-refractivity contribution >= 4 is 33.6 Å². The molecular formula is C85H142O16P2. The number of allylic oxidation sites excluding steroid dienone is 26. The highest BCUT2D eigenvalue weighted by atomic mass is 31.2. The van der Waals surface area contributed by atoms with Gasteiger partial charge in [0.05, 0.1) is 26.4 Å². The van der Waals surface area contributed by atoms with Gasteiger partial charge in [-0.15, -0.1) is 0 Å². The van der Waals surface area contributed by atoms with Crippen molar-refractivity contribution in [3.8, 4) is 0 Å². The first-order valence-electron chi connectivity index (χ1n) is 39.8. The second-order valence-electron chi connectivity index (χ2n) is 26.1. The van der Waals surface area contributed by atoms with Crippen LogP contribution in [0.4, 0.5) is 0 Å². The Morgan fingerprint density at radius 2 is 0.485 bits per heavy atom. The maximum Gasteiger partial charge on any atom is 0.472 e. The fourth-order valence-electron chi connectivity index (χ4n) is 10.3. The minimum Gasteiger partial charge on any atom is -0.463 e. The number of aliphatic hydroxyl groups excluding tert-OH is 2. The van der Waals surface area contributed by atoms with Gasteiger partial charge in [-0.25, -0.2) is 9.13 Å². The van der Waals surface area contributed by atoms with E-state index in [1.807, 2.05) is 0 Å². The molecule has 588 valence electrons. The topological polar surface area (TPSA) is 231 Å². The van der Waals surface area contributed by atoms with Crippen LogP contribution in [0.3, 0.4) is 0 Å². The molecule has 0 bridgehead atoms. The van der Waals surface area contributed by atoms with Crippen LogP contribution in [0.1, 0.15) is 303 Å². The van der Waals surface area contributed by atoms with E-state index in [9.17, 15) is 43.5 Å². The number of unbranched alkanes of at least 4 members (excludes halogenated alkanes) is 25. The Hall–Kier alpha value is -4.83. The third kappa shape index (κ3) is 78.1. The Labute approximate surface area is 625 Å². The second-order valence-corrected chi connectivity index (χ2v) is 29.0. The molecular weight excluding hydrogens is 1340 g/mol. The highest BCUT2D eigenvalue weighted by molar-refractivity contribution is 7.47. The first-order valence-corrected chi connectivity index (χ1v) is 42.8. The summed E-state index contributed by atoms with van der Waals surface area (Å²) in [5.74, 6) is -1.61. The number of phosphoric acid groups is 2. The predicted molar refractivity (Wildman–Crippen MR) is 426 cm³/mol. The summed E-state index contributed by atoms with van der Waals surface area (Å²) in [4.78, 5) is 58.7. The van der Waals surface area contributed by atoms with Gasteiger partial charge in [-0.3, -0.25) is 32.5 Å². The summed E-state index contributed by atoms with van der Waals surface area (Å²) < 4.78 is 61.2. The lowest BCUT2D eigenvalue weighted by molar-refractivity contribution is -0.161. The number of esters is 3. The molecule has 4 N–H and O–H groups in total. The number of rotatable bonds is 74. The number of ether oxygens (including phenoxy) is 3. The molecule has 0 aliphatic rings. The number of carbonyl (C=O) groups is 3. The quantitative estimate of drug-likeness (QED) is 0.0146. The van der Waals surface area contributed by atoms with Crippen LogP contribution < -0.4 is 0 Å². The lowest BCUT2D eigenvalue weighted by Crippen LogP contribution is -2.30.